The van der Waals surface area contributed by atoms with Gasteiger partial charge in [0.15, 0.2) is 0 Å². The number of carbonyl (C=O) groups is 1. The fourth-order valence-corrected chi connectivity index (χ4v) is 1.58. The van der Waals surface area contributed by atoms with Crippen LogP contribution in [0.25, 0.3) is 0 Å². The van der Waals surface area contributed by atoms with Gasteiger partial charge in [-0.25, -0.2) is 0 Å². The van der Waals surface area contributed by atoms with Crippen LogP contribution in [0.15, 0.2) is 36.5 Å². The summed E-state index contributed by atoms with van der Waals surface area (Å²) in [6, 6.07) is 8.65. The van der Waals surface area contributed by atoms with Crippen molar-refractivity contribution in [3.8, 4) is 5.75 Å². The summed E-state index contributed by atoms with van der Waals surface area (Å²) in [6.45, 7) is 3.62. The smallest absolute Gasteiger partial charge is 0.259 e. The number of pyridine rings is 1. The van der Waals surface area contributed by atoms with Crippen molar-refractivity contribution in [3.05, 3.63) is 53.3 Å². The number of nitrogens with zero attached hydrogens (tertiary/aromatic N) is 1. The van der Waals surface area contributed by atoms with Crippen molar-refractivity contribution in [2.24, 2.45) is 0 Å². The van der Waals surface area contributed by atoms with E-state index < -0.39 is 0 Å². The third kappa shape index (κ3) is 2.48. The van der Waals surface area contributed by atoms with E-state index in [0.29, 0.717) is 11.3 Å². The SMILES string of the molecule is Cc1ccc(NC(=O)c2cccc(C)c2O)cn1. The lowest BCUT2D eigenvalue weighted by Gasteiger charge is -2.08. The number of carbonyl (C=O) groups excluding carboxylic acids is 1. The van der Waals surface area contributed by atoms with Gasteiger partial charge in [0.1, 0.15) is 5.75 Å². The lowest BCUT2D eigenvalue weighted by molar-refractivity contribution is 0.102. The Kier molecular flexibility index (Phi) is 3.28. The van der Waals surface area contributed by atoms with Crippen LogP contribution < -0.4 is 5.32 Å². The Balaban J connectivity index is 2.22. The average molecular weight is 242 g/mol. The molecule has 0 atom stereocenters. The summed E-state index contributed by atoms with van der Waals surface area (Å²) in [4.78, 5) is 16.1. The van der Waals surface area contributed by atoms with Crippen molar-refractivity contribution in [2.75, 3.05) is 5.32 Å². The number of nitrogens with one attached hydrogen (secondary N) is 1. The minimum absolute atomic E-state index is 0.00932. The standard InChI is InChI=1S/C14H14N2O2/c1-9-4-3-5-12(13(9)17)14(18)16-11-7-6-10(2)15-8-11/h3-8,17H,1-2H3,(H,16,18). The maximum atomic E-state index is 12.0. The summed E-state index contributed by atoms with van der Waals surface area (Å²) in [5.41, 5.74) is 2.41. The van der Waals surface area contributed by atoms with Crippen LogP contribution in [0, 0.1) is 13.8 Å². The van der Waals surface area contributed by atoms with Crippen LogP contribution in [0.1, 0.15) is 21.6 Å². The van der Waals surface area contributed by atoms with Crippen LogP contribution in [0.2, 0.25) is 0 Å². The van der Waals surface area contributed by atoms with E-state index >= 15 is 0 Å². The largest absolute Gasteiger partial charge is 0.507 e. The first-order valence-electron chi connectivity index (χ1n) is 5.60. The monoisotopic (exact) mass is 242 g/mol. The Hall–Kier alpha value is -2.36. The van der Waals surface area contributed by atoms with Gasteiger partial charge >= 0.3 is 0 Å². The number of hydrogen-bond acceptors (Lipinski definition) is 3. The van der Waals surface area contributed by atoms with Crippen molar-refractivity contribution in [1.29, 1.82) is 0 Å². The summed E-state index contributed by atoms with van der Waals surface area (Å²) >= 11 is 0. The Labute approximate surface area is 105 Å². The molecule has 0 aliphatic carbocycles. The van der Waals surface area contributed by atoms with Gasteiger partial charge in [-0.15, -0.1) is 0 Å². The Morgan fingerprint density at radius 3 is 2.67 bits per heavy atom. The zero-order valence-electron chi connectivity index (χ0n) is 10.3. The molecule has 4 nitrogen and oxygen atoms in total. The molecule has 0 aliphatic rings. The number of para-hydroxylation sites is 1. The summed E-state index contributed by atoms with van der Waals surface area (Å²) in [7, 11) is 0. The summed E-state index contributed by atoms with van der Waals surface area (Å²) < 4.78 is 0. The topological polar surface area (TPSA) is 62.2 Å². The van der Waals surface area contributed by atoms with Gasteiger partial charge in [0.05, 0.1) is 17.4 Å². The number of aromatic nitrogens is 1. The molecule has 2 N–H and O–H groups in total. The average Bonchev–Trinajstić information content (AvgIpc) is 2.35. The number of aromatic hydroxyl groups is 1. The minimum atomic E-state index is -0.346. The fourth-order valence-electron chi connectivity index (χ4n) is 1.58. The number of rotatable bonds is 2. The van der Waals surface area contributed by atoms with Crippen LogP contribution in [0.3, 0.4) is 0 Å². The van der Waals surface area contributed by atoms with E-state index in [0.717, 1.165) is 5.69 Å². The maximum Gasteiger partial charge on any atom is 0.259 e. The van der Waals surface area contributed by atoms with Crippen LogP contribution >= 0.6 is 0 Å². The predicted molar refractivity (Wildman–Crippen MR) is 69.8 cm³/mol. The molecule has 0 spiro atoms. The van der Waals surface area contributed by atoms with E-state index in [4.69, 9.17) is 0 Å². The molecular weight excluding hydrogens is 228 g/mol. The highest BCUT2D eigenvalue weighted by Gasteiger charge is 2.12. The Morgan fingerprint density at radius 2 is 2.00 bits per heavy atom. The highest BCUT2D eigenvalue weighted by molar-refractivity contribution is 6.06. The second-order valence-corrected chi connectivity index (χ2v) is 4.11. The molecule has 1 aromatic heterocycles. The second kappa shape index (κ2) is 4.87. The van der Waals surface area contributed by atoms with E-state index in [1.165, 1.54) is 0 Å². The van der Waals surface area contributed by atoms with Gasteiger partial charge in [-0.05, 0) is 37.6 Å². The van der Waals surface area contributed by atoms with Gasteiger partial charge in [-0.2, -0.15) is 0 Å². The summed E-state index contributed by atoms with van der Waals surface area (Å²) in [6.07, 6.45) is 1.58. The molecule has 1 amide bonds. The van der Waals surface area contributed by atoms with E-state index in [1.54, 1.807) is 37.4 Å². The number of aryl methyl sites for hydroxylation is 2. The molecule has 0 saturated carbocycles. The summed E-state index contributed by atoms with van der Waals surface area (Å²) in [5.74, 6) is -0.336. The quantitative estimate of drug-likeness (QED) is 0.851. The molecule has 1 heterocycles. The molecular formula is C14H14N2O2. The maximum absolute atomic E-state index is 12.0. The van der Waals surface area contributed by atoms with Crippen LogP contribution in [-0.4, -0.2) is 16.0 Å². The zero-order valence-corrected chi connectivity index (χ0v) is 10.3. The molecule has 0 radical (unpaired) electrons. The zero-order chi connectivity index (χ0) is 13.1. The molecule has 1 aromatic carbocycles. The first-order chi connectivity index (χ1) is 8.58. The normalized spacial score (nSPS) is 10.1. The number of anilines is 1. The number of phenolic OH excluding ortho intramolecular Hbond substituents is 1. The molecule has 4 heteroatoms. The number of phenols is 1. The van der Waals surface area contributed by atoms with Gasteiger partial charge in [0.25, 0.3) is 5.91 Å². The molecule has 0 aliphatic heterocycles. The van der Waals surface area contributed by atoms with E-state index in [2.05, 4.69) is 10.3 Å². The van der Waals surface area contributed by atoms with E-state index in [9.17, 15) is 9.90 Å². The first-order valence-corrected chi connectivity index (χ1v) is 5.60. The third-order valence-corrected chi connectivity index (χ3v) is 2.65. The molecule has 0 bridgehead atoms. The third-order valence-electron chi connectivity index (χ3n) is 2.65. The van der Waals surface area contributed by atoms with Gasteiger partial charge < -0.3 is 10.4 Å². The molecule has 2 rings (SSSR count). The molecule has 2 aromatic rings. The van der Waals surface area contributed by atoms with Crippen molar-refractivity contribution < 1.29 is 9.90 Å². The first kappa shape index (κ1) is 12.1. The highest BCUT2D eigenvalue weighted by Crippen LogP contribution is 2.22. The van der Waals surface area contributed by atoms with Crippen molar-refractivity contribution >= 4 is 11.6 Å². The van der Waals surface area contributed by atoms with Crippen molar-refractivity contribution in [1.82, 2.24) is 4.98 Å². The lowest BCUT2D eigenvalue weighted by atomic mass is 10.1. The van der Waals surface area contributed by atoms with Gasteiger partial charge in [0, 0.05) is 5.69 Å². The Bertz CT molecular complexity index is 577. The second-order valence-electron chi connectivity index (χ2n) is 4.11. The van der Waals surface area contributed by atoms with Crippen LogP contribution in [0.4, 0.5) is 5.69 Å². The van der Waals surface area contributed by atoms with Crippen molar-refractivity contribution in [3.63, 3.8) is 0 Å². The van der Waals surface area contributed by atoms with Crippen molar-refractivity contribution in [2.45, 2.75) is 13.8 Å². The predicted octanol–water partition coefficient (Wildman–Crippen LogP) is 2.66. The van der Waals surface area contributed by atoms with E-state index in [1.807, 2.05) is 13.0 Å². The number of hydrogen-bond donors (Lipinski definition) is 2. The molecule has 0 unspecified atom stereocenters. The van der Waals surface area contributed by atoms with Gasteiger partial charge in [0.2, 0.25) is 0 Å². The summed E-state index contributed by atoms with van der Waals surface area (Å²) in [5, 5.41) is 12.5. The van der Waals surface area contributed by atoms with Gasteiger partial charge in [-0.3, -0.25) is 9.78 Å². The lowest BCUT2D eigenvalue weighted by Crippen LogP contribution is -2.12. The molecule has 92 valence electrons. The highest BCUT2D eigenvalue weighted by atomic mass is 16.3. The number of amides is 1. The van der Waals surface area contributed by atoms with Crippen LogP contribution in [-0.2, 0) is 0 Å². The fraction of sp³-hybridized carbons (Fsp3) is 0.143. The van der Waals surface area contributed by atoms with Gasteiger partial charge in [-0.1, -0.05) is 12.1 Å². The van der Waals surface area contributed by atoms with E-state index in [-0.39, 0.29) is 17.2 Å². The Morgan fingerprint density at radius 1 is 1.22 bits per heavy atom. The van der Waals surface area contributed by atoms with Crippen LogP contribution in [0.5, 0.6) is 5.75 Å². The molecule has 0 fully saturated rings. The number of benzene rings is 1. The molecule has 0 saturated heterocycles. The minimum Gasteiger partial charge on any atom is -0.507 e. The molecule has 18 heavy (non-hydrogen) atoms.